The molecule has 0 saturated carbocycles. The fraction of sp³-hybridized carbons (Fsp3) is 0.333. The highest BCUT2D eigenvalue weighted by molar-refractivity contribution is 7.85. The second-order valence-electron chi connectivity index (χ2n) is 14.8. The first kappa shape index (κ1) is 46.1. The number of nitrogen functional groups attached to an aromatic ring is 2. The zero-order valence-corrected chi connectivity index (χ0v) is 37.5. The molecule has 3 aromatic carbocycles. The number of fused-ring (bicyclic) bond motifs is 2. The van der Waals surface area contributed by atoms with Gasteiger partial charge in [-0.3, -0.25) is 9.13 Å². The van der Waals surface area contributed by atoms with Gasteiger partial charge < -0.3 is 43.9 Å². The van der Waals surface area contributed by atoms with Crippen LogP contribution in [0, 0.1) is 12.8 Å². The maximum absolute atomic E-state index is 14.0. The largest absolute Gasteiger partial charge is 0.441 e. The Balaban J connectivity index is 0.000000223. The zero-order valence-electron chi connectivity index (χ0n) is 34.9. The standard InChI is InChI=1S/C27H34N5O4P.C15H17ClN5O3P/c1-20(14-34-15-23-10-8-7-9-21(23)2)16-37(33,36-24-11-5-4-6-12-24)19-35-22(3)13-32-18-31-25-26(28)29-17-30-27(25)32;1-11(7-21-9-20-13-14(17)18-8-19-15(13)21)23-10-25(16,22)24-12-5-3-2-4-6-12/h4-12,17-18,20,22H,13-16,19H2,1-3H3,(H2,28,29,30);2-6,8-9,11H,7,10H2,1H3,(H2,17,18,19)/t20-,22-,37?;11-,25?/m11/s1. The number of rotatable bonds is 20. The number of aryl methyl sites for hydroxylation is 1. The Labute approximate surface area is 364 Å². The summed E-state index contributed by atoms with van der Waals surface area (Å²) < 4.78 is 58.9. The lowest BCUT2D eigenvalue weighted by Gasteiger charge is -2.24. The van der Waals surface area contributed by atoms with Crippen molar-refractivity contribution in [3.63, 3.8) is 0 Å². The van der Waals surface area contributed by atoms with Crippen molar-refractivity contribution in [1.82, 2.24) is 39.0 Å². The normalized spacial score (nSPS) is 14.9. The van der Waals surface area contributed by atoms with Gasteiger partial charge in [0.2, 0.25) is 0 Å². The lowest BCUT2D eigenvalue weighted by molar-refractivity contribution is 0.0803. The van der Waals surface area contributed by atoms with Gasteiger partial charge in [0.25, 0.3) is 7.37 Å². The third kappa shape index (κ3) is 13.3. The van der Waals surface area contributed by atoms with Crippen molar-refractivity contribution in [3.8, 4) is 11.5 Å². The molecule has 0 bridgehead atoms. The average Bonchev–Trinajstić information content (AvgIpc) is 3.86. The molecule has 4 heterocycles. The van der Waals surface area contributed by atoms with E-state index < -0.39 is 14.1 Å². The molecule has 2 unspecified atom stereocenters. The van der Waals surface area contributed by atoms with E-state index in [9.17, 15) is 9.13 Å². The third-order valence-electron chi connectivity index (χ3n) is 9.35. The second kappa shape index (κ2) is 21.6. The van der Waals surface area contributed by atoms with Crippen LogP contribution in [0.5, 0.6) is 11.5 Å². The molecule has 4 aromatic heterocycles. The first-order valence-corrected chi connectivity index (χ1v) is 24.5. The van der Waals surface area contributed by atoms with Gasteiger partial charge in [-0.25, -0.2) is 29.9 Å². The number of anilines is 2. The number of nitrogens with two attached hydrogens (primary N) is 2. The molecule has 0 aliphatic carbocycles. The minimum atomic E-state index is -3.43. The molecule has 0 spiro atoms. The quantitative estimate of drug-likeness (QED) is 0.0684. The number of hydrogen-bond acceptors (Lipinski definition) is 15. The Morgan fingerprint density at radius 1 is 0.661 bits per heavy atom. The van der Waals surface area contributed by atoms with Crippen molar-refractivity contribution in [2.24, 2.45) is 5.92 Å². The summed E-state index contributed by atoms with van der Waals surface area (Å²) in [5.41, 5.74) is 16.3. The number of aromatic nitrogens is 8. The topological polar surface area (TPSA) is 220 Å². The molecule has 0 aliphatic heterocycles. The fourth-order valence-electron chi connectivity index (χ4n) is 6.31. The molecule has 328 valence electrons. The van der Waals surface area contributed by atoms with Crippen molar-refractivity contribution >= 4 is 59.3 Å². The van der Waals surface area contributed by atoms with Crippen molar-refractivity contribution < 1.29 is 32.4 Å². The van der Waals surface area contributed by atoms with Crippen LogP contribution in [-0.2, 0) is 43.0 Å². The minimum absolute atomic E-state index is 0.00902. The first-order chi connectivity index (χ1) is 29.8. The van der Waals surface area contributed by atoms with Crippen molar-refractivity contribution in [3.05, 3.63) is 121 Å². The summed E-state index contributed by atoms with van der Waals surface area (Å²) in [6, 6.07) is 26.1. The van der Waals surface area contributed by atoms with Gasteiger partial charge >= 0.3 is 6.72 Å². The number of halogens is 1. The molecule has 0 amide bonds. The van der Waals surface area contributed by atoms with Gasteiger partial charge in [0.15, 0.2) is 22.9 Å². The van der Waals surface area contributed by atoms with E-state index >= 15 is 0 Å². The predicted molar refractivity (Wildman–Crippen MR) is 240 cm³/mol. The van der Waals surface area contributed by atoms with Crippen LogP contribution < -0.4 is 20.5 Å². The van der Waals surface area contributed by atoms with Gasteiger partial charge in [-0.1, -0.05) is 67.6 Å². The summed E-state index contributed by atoms with van der Waals surface area (Å²) in [6.07, 6.45) is 5.59. The molecule has 20 heteroatoms. The van der Waals surface area contributed by atoms with Crippen LogP contribution >= 0.6 is 25.3 Å². The minimum Gasteiger partial charge on any atom is -0.441 e. The molecule has 0 aliphatic rings. The molecule has 62 heavy (non-hydrogen) atoms. The molecule has 0 saturated heterocycles. The predicted octanol–water partition coefficient (Wildman–Crippen LogP) is 8.57. The van der Waals surface area contributed by atoms with E-state index in [1.54, 1.807) is 53.6 Å². The SMILES string of the molecule is C[C@H](Cn1cnc2c(N)ncnc21)OCP(=O)(Cl)Oc1ccccc1.Cc1ccccc1COC[C@@H](C)CP(=O)(CO[C@H](C)Cn1cnc2c(N)ncnc21)Oc1ccccc1. The summed E-state index contributed by atoms with van der Waals surface area (Å²) in [5, 5.41) is 0. The zero-order chi connectivity index (χ0) is 44.1. The Hall–Kier alpha value is -5.41. The summed E-state index contributed by atoms with van der Waals surface area (Å²) in [7, 11) is -3.19. The van der Waals surface area contributed by atoms with Crippen LogP contribution in [0.3, 0.4) is 0 Å². The molecule has 7 aromatic rings. The molecule has 0 radical (unpaired) electrons. The van der Waals surface area contributed by atoms with Crippen LogP contribution in [0.15, 0.2) is 110 Å². The number of para-hydroxylation sites is 2. The molecule has 17 nitrogen and oxygen atoms in total. The summed E-state index contributed by atoms with van der Waals surface area (Å²) in [4.78, 5) is 24.8. The van der Waals surface area contributed by atoms with Gasteiger partial charge in [-0.15, -0.1) is 0 Å². The molecule has 0 fully saturated rings. The number of hydrogen-bond donors (Lipinski definition) is 2. The maximum atomic E-state index is 14.0. The monoisotopic (exact) mass is 904 g/mol. The number of benzene rings is 3. The fourth-order valence-corrected chi connectivity index (χ4v) is 9.91. The highest BCUT2D eigenvalue weighted by atomic mass is 35.7. The first-order valence-electron chi connectivity index (χ1n) is 19.8. The maximum Gasteiger partial charge on any atom is 0.361 e. The second-order valence-corrected chi connectivity index (χ2v) is 20.4. The highest BCUT2D eigenvalue weighted by Gasteiger charge is 2.30. The van der Waals surface area contributed by atoms with E-state index in [0.29, 0.717) is 77.9 Å². The van der Waals surface area contributed by atoms with Gasteiger partial charge in [0, 0.05) is 6.16 Å². The highest BCUT2D eigenvalue weighted by Crippen LogP contribution is 2.52. The van der Waals surface area contributed by atoms with Crippen LogP contribution in [0.1, 0.15) is 31.9 Å². The summed E-state index contributed by atoms with van der Waals surface area (Å²) >= 11 is 5.96. The van der Waals surface area contributed by atoms with Crippen LogP contribution in [-0.4, -0.2) is 76.7 Å². The Kier molecular flexibility index (Phi) is 16.1. The lowest BCUT2D eigenvalue weighted by Crippen LogP contribution is -2.21. The van der Waals surface area contributed by atoms with Gasteiger partial charge in [0.05, 0.1) is 51.2 Å². The number of ether oxygens (including phenoxy) is 3. The van der Waals surface area contributed by atoms with E-state index in [-0.39, 0.29) is 30.8 Å². The molecule has 5 atom stereocenters. The van der Waals surface area contributed by atoms with Crippen molar-refractivity contribution in [2.45, 2.75) is 59.6 Å². The van der Waals surface area contributed by atoms with Gasteiger partial charge in [-0.2, -0.15) is 0 Å². The Morgan fingerprint density at radius 2 is 1.16 bits per heavy atom. The van der Waals surface area contributed by atoms with E-state index in [4.69, 9.17) is 46.0 Å². The van der Waals surface area contributed by atoms with E-state index in [2.05, 4.69) is 49.0 Å². The van der Waals surface area contributed by atoms with Crippen LogP contribution in [0.2, 0.25) is 0 Å². The number of imidazole rings is 2. The van der Waals surface area contributed by atoms with Crippen LogP contribution in [0.25, 0.3) is 22.3 Å². The van der Waals surface area contributed by atoms with E-state index in [1.807, 2.05) is 61.7 Å². The van der Waals surface area contributed by atoms with Crippen LogP contribution in [0.4, 0.5) is 11.6 Å². The number of nitrogens with zero attached hydrogens (tertiary/aromatic N) is 8. The van der Waals surface area contributed by atoms with E-state index in [0.717, 1.165) is 5.56 Å². The summed E-state index contributed by atoms with van der Waals surface area (Å²) in [6.45, 7) is 6.28. The third-order valence-corrected chi connectivity index (χ3v) is 13.1. The molecular weight excluding hydrogens is 854 g/mol. The average molecular weight is 905 g/mol. The Bertz CT molecular complexity index is 2600. The Morgan fingerprint density at radius 3 is 1.71 bits per heavy atom. The van der Waals surface area contributed by atoms with E-state index in [1.165, 1.54) is 18.2 Å². The van der Waals surface area contributed by atoms with Crippen molar-refractivity contribution in [2.75, 3.05) is 36.9 Å². The summed E-state index contributed by atoms with van der Waals surface area (Å²) in [5.74, 6) is 1.65. The molecular formula is C42H51ClN10O7P2. The smallest absolute Gasteiger partial charge is 0.361 e. The molecule has 4 N–H and O–H groups in total. The molecule has 7 rings (SSSR count). The lowest BCUT2D eigenvalue weighted by atomic mass is 10.1. The van der Waals surface area contributed by atoms with Crippen molar-refractivity contribution in [1.29, 1.82) is 0 Å². The van der Waals surface area contributed by atoms with Gasteiger partial charge in [0.1, 0.15) is 47.9 Å². The van der Waals surface area contributed by atoms with Gasteiger partial charge in [-0.05, 0) is 73.3 Å².